The Kier molecular flexibility index (Phi) is 7.72. The van der Waals surface area contributed by atoms with Crippen LogP contribution in [0.15, 0.2) is 206 Å². The summed E-state index contributed by atoms with van der Waals surface area (Å²) in [6.07, 6.45) is 0. The highest BCUT2D eigenvalue weighted by Crippen LogP contribution is 2.63. The zero-order valence-electron chi connectivity index (χ0n) is 33.1. The SMILES string of the molecule is CC(C)(C)c1ccc(N(c2ccc3c(c2)-c2ccccc2C32c3ccccc3-c3ccccc32)c2ccc3ccccc3c2-c2ccccc2-c2ccccc2)cc1. The highest BCUT2D eigenvalue weighted by atomic mass is 15.1. The maximum Gasteiger partial charge on any atom is 0.0725 e. The van der Waals surface area contributed by atoms with Gasteiger partial charge in [0.05, 0.1) is 11.1 Å². The van der Waals surface area contributed by atoms with Gasteiger partial charge in [-0.2, -0.15) is 0 Å². The maximum atomic E-state index is 2.50. The lowest BCUT2D eigenvalue weighted by Crippen LogP contribution is -2.25. The molecule has 0 aliphatic heterocycles. The minimum atomic E-state index is -0.389. The highest BCUT2D eigenvalue weighted by Gasteiger charge is 2.51. The minimum absolute atomic E-state index is 0.0333. The molecule has 1 heteroatoms. The molecule has 1 spiro atoms. The van der Waals surface area contributed by atoms with E-state index < -0.39 is 0 Å². The van der Waals surface area contributed by atoms with E-state index >= 15 is 0 Å². The molecule has 0 bridgehead atoms. The normalized spacial score (nSPS) is 13.2. The molecule has 0 aromatic heterocycles. The maximum absolute atomic E-state index is 2.50. The lowest BCUT2D eigenvalue weighted by molar-refractivity contribution is 0.590. The van der Waals surface area contributed by atoms with E-state index in [2.05, 4.69) is 232 Å². The molecule has 0 fully saturated rings. The monoisotopic (exact) mass is 741 g/mol. The predicted octanol–water partition coefficient (Wildman–Crippen LogP) is 15.3. The van der Waals surface area contributed by atoms with E-state index in [0.717, 1.165) is 17.1 Å². The van der Waals surface area contributed by atoms with Crippen LogP contribution in [-0.4, -0.2) is 0 Å². The highest BCUT2D eigenvalue weighted by molar-refractivity contribution is 6.08. The van der Waals surface area contributed by atoms with E-state index in [-0.39, 0.29) is 10.8 Å². The van der Waals surface area contributed by atoms with Crippen LogP contribution in [0.4, 0.5) is 17.1 Å². The van der Waals surface area contributed by atoms with E-state index in [9.17, 15) is 0 Å². The lowest BCUT2D eigenvalue weighted by Gasteiger charge is -2.32. The van der Waals surface area contributed by atoms with Gasteiger partial charge in [0.15, 0.2) is 0 Å². The van der Waals surface area contributed by atoms with Crippen molar-refractivity contribution in [3.8, 4) is 44.5 Å². The first-order valence-electron chi connectivity index (χ1n) is 20.4. The van der Waals surface area contributed by atoms with Gasteiger partial charge in [-0.05, 0) is 113 Å². The average molecular weight is 742 g/mol. The zero-order chi connectivity index (χ0) is 39.0. The summed E-state index contributed by atoms with van der Waals surface area (Å²) in [5, 5.41) is 2.44. The summed E-state index contributed by atoms with van der Waals surface area (Å²) in [7, 11) is 0. The van der Waals surface area contributed by atoms with Crippen molar-refractivity contribution in [2.24, 2.45) is 0 Å². The summed E-state index contributed by atoms with van der Waals surface area (Å²) in [6.45, 7) is 6.86. The largest absolute Gasteiger partial charge is 0.310 e. The number of nitrogens with zero attached hydrogens (tertiary/aromatic N) is 1. The van der Waals surface area contributed by atoms with Crippen molar-refractivity contribution in [3.05, 3.63) is 234 Å². The molecule has 0 amide bonds. The first-order chi connectivity index (χ1) is 28.4. The number of anilines is 3. The molecule has 2 aliphatic rings. The zero-order valence-corrected chi connectivity index (χ0v) is 33.1. The van der Waals surface area contributed by atoms with Crippen molar-refractivity contribution in [1.82, 2.24) is 0 Å². The van der Waals surface area contributed by atoms with Gasteiger partial charge in [-0.1, -0.05) is 197 Å². The molecule has 0 saturated heterocycles. The fourth-order valence-electron chi connectivity index (χ4n) is 10.1. The van der Waals surface area contributed by atoms with Gasteiger partial charge in [-0.3, -0.25) is 0 Å². The third kappa shape index (κ3) is 5.03. The van der Waals surface area contributed by atoms with Crippen LogP contribution in [0.3, 0.4) is 0 Å². The smallest absolute Gasteiger partial charge is 0.0725 e. The van der Waals surface area contributed by atoms with Gasteiger partial charge in [-0.15, -0.1) is 0 Å². The summed E-state index contributed by atoms with van der Waals surface area (Å²) in [5.41, 5.74) is 19.8. The van der Waals surface area contributed by atoms with E-state index in [0.29, 0.717) is 0 Å². The van der Waals surface area contributed by atoms with E-state index in [1.165, 1.54) is 83.1 Å². The van der Waals surface area contributed by atoms with Crippen LogP contribution in [-0.2, 0) is 10.8 Å². The van der Waals surface area contributed by atoms with Crippen LogP contribution in [0.5, 0.6) is 0 Å². The number of hydrogen-bond acceptors (Lipinski definition) is 1. The lowest BCUT2D eigenvalue weighted by atomic mass is 9.70. The Morgan fingerprint density at radius 3 is 1.52 bits per heavy atom. The quantitative estimate of drug-likeness (QED) is 0.170. The molecule has 0 heterocycles. The molecule has 0 N–H and O–H groups in total. The van der Waals surface area contributed by atoms with Crippen LogP contribution >= 0.6 is 0 Å². The Bertz CT molecular complexity index is 2990. The molecule has 9 aromatic rings. The standard InChI is InChI=1S/C57H43N/c1-56(2,3)40-30-32-41(33-31-40)58(54-36-29-39-19-7-8-21-44(39)55(54)48-25-10-9-20-43(48)38-17-5-4-6-18-38)42-34-35-53-49(37-42)47-24-13-16-28-52(47)57(53)50-26-14-11-22-45(50)46-23-12-15-27-51(46)57/h4-37H,1-3H3. The number of hydrogen-bond donors (Lipinski definition) is 0. The van der Waals surface area contributed by atoms with Crippen LogP contribution < -0.4 is 4.90 Å². The van der Waals surface area contributed by atoms with Crippen molar-refractivity contribution in [2.75, 3.05) is 4.90 Å². The summed E-state index contributed by atoms with van der Waals surface area (Å²) in [5.74, 6) is 0. The van der Waals surface area contributed by atoms with Crippen molar-refractivity contribution in [1.29, 1.82) is 0 Å². The second-order valence-electron chi connectivity index (χ2n) is 16.8. The van der Waals surface area contributed by atoms with Gasteiger partial charge in [0.25, 0.3) is 0 Å². The predicted molar refractivity (Wildman–Crippen MR) is 245 cm³/mol. The molecule has 2 aliphatic carbocycles. The summed E-state index contributed by atoms with van der Waals surface area (Å²) >= 11 is 0. The van der Waals surface area contributed by atoms with Crippen molar-refractivity contribution in [3.63, 3.8) is 0 Å². The fraction of sp³-hybridized carbons (Fsp3) is 0.0877. The van der Waals surface area contributed by atoms with Gasteiger partial charge in [0.1, 0.15) is 0 Å². The molecule has 0 saturated carbocycles. The third-order valence-corrected chi connectivity index (χ3v) is 12.7. The molecule has 0 atom stereocenters. The molecule has 1 nitrogen and oxygen atoms in total. The van der Waals surface area contributed by atoms with E-state index in [4.69, 9.17) is 0 Å². The summed E-state index contributed by atoms with van der Waals surface area (Å²) < 4.78 is 0. The Balaban J connectivity index is 1.20. The second kappa shape index (κ2) is 13.0. The number of benzene rings is 9. The molecular weight excluding hydrogens is 699 g/mol. The molecule has 58 heavy (non-hydrogen) atoms. The Labute approximate surface area is 341 Å². The van der Waals surface area contributed by atoms with Gasteiger partial charge in [0, 0.05) is 16.9 Å². The molecule has 9 aromatic carbocycles. The Hall–Kier alpha value is -6.96. The van der Waals surface area contributed by atoms with Crippen molar-refractivity contribution >= 4 is 27.8 Å². The summed E-state index contributed by atoms with van der Waals surface area (Å²) in [6, 6.07) is 76.9. The van der Waals surface area contributed by atoms with E-state index in [1.807, 2.05) is 0 Å². The van der Waals surface area contributed by atoms with Crippen LogP contribution in [0.1, 0.15) is 48.6 Å². The molecular formula is C57H43N. The Morgan fingerprint density at radius 1 is 0.379 bits per heavy atom. The fourth-order valence-corrected chi connectivity index (χ4v) is 10.1. The second-order valence-corrected chi connectivity index (χ2v) is 16.8. The van der Waals surface area contributed by atoms with Gasteiger partial charge < -0.3 is 4.90 Å². The first-order valence-corrected chi connectivity index (χ1v) is 20.4. The number of rotatable bonds is 5. The van der Waals surface area contributed by atoms with Crippen LogP contribution in [0.25, 0.3) is 55.3 Å². The topological polar surface area (TPSA) is 3.24 Å². The average Bonchev–Trinajstić information content (AvgIpc) is 3.74. The Morgan fingerprint density at radius 2 is 0.879 bits per heavy atom. The van der Waals surface area contributed by atoms with Crippen LogP contribution in [0, 0.1) is 0 Å². The van der Waals surface area contributed by atoms with Crippen molar-refractivity contribution in [2.45, 2.75) is 31.6 Å². The van der Waals surface area contributed by atoms with Crippen molar-refractivity contribution < 1.29 is 0 Å². The number of fused-ring (bicyclic) bond motifs is 11. The van der Waals surface area contributed by atoms with Gasteiger partial charge >= 0.3 is 0 Å². The third-order valence-electron chi connectivity index (χ3n) is 12.7. The molecule has 11 rings (SSSR count). The first kappa shape index (κ1) is 34.3. The minimum Gasteiger partial charge on any atom is -0.310 e. The molecule has 0 unspecified atom stereocenters. The van der Waals surface area contributed by atoms with Gasteiger partial charge in [-0.25, -0.2) is 0 Å². The van der Waals surface area contributed by atoms with Gasteiger partial charge in [0.2, 0.25) is 0 Å². The van der Waals surface area contributed by atoms with Crippen LogP contribution in [0.2, 0.25) is 0 Å². The molecule has 276 valence electrons. The molecule has 0 radical (unpaired) electrons. The van der Waals surface area contributed by atoms with E-state index in [1.54, 1.807) is 0 Å². The summed E-state index contributed by atoms with van der Waals surface area (Å²) in [4.78, 5) is 2.50.